The fourth-order valence-corrected chi connectivity index (χ4v) is 3.96. The van der Waals surface area contributed by atoms with E-state index in [0.717, 1.165) is 11.1 Å². The number of hydrogen-bond acceptors (Lipinski definition) is 7. The summed E-state index contributed by atoms with van der Waals surface area (Å²) in [4.78, 5) is 4.28. The van der Waals surface area contributed by atoms with E-state index >= 15 is 0 Å². The molecular formula is C20H21N7O2S. The van der Waals surface area contributed by atoms with Crippen molar-refractivity contribution in [1.82, 2.24) is 29.1 Å². The number of aromatic nitrogens is 5. The van der Waals surface area contributed by atoms with E-state index in [1.807, 2.05) is 37.3 Å². The van der Waals surface area contributed by atoms with Crippen molar-refractivity contribution in [2.24, 2.45) is 0 Å². The summed E-state index contributed by atoms with van der Waals surface area (Å²) in [7, 11) is -0.467. The molecular weight excluding hydrogens is 402 g/mol. The molecule has 0 fully saturated rings. The molecule has 0 amide bonds. The van der Waals surface area contributed by atoms with E-state index in [0.29, 0.717) is 17.3 Å². The predicted octanol–water partition coefficient (Wildman–Crippen LogP) is 2.61. The van der Waals surface area contributed by atoms with E-state index in [1.165, 1.54) is 18.4 Å². The van der Waals surface area contributed by atoms with Crippen molar-refractivity contribution in [3.8, 4) is 11.4 Å². The lowest BCUT2D eigenvalue weighted by Gasteiger charge is -2.17. The summed E-state index contributed by atoms with van der Waals surface area (Å²) in [5.41, 5.74) is 2.31. The summed E-state index contributed by atoms with van der Waals surface area (Å²) in [5.74, 6) is 1.23. The fraction of sp³-hybridized carbons (Fsp3) is 0.200. The molecule has 4 rings (SSSR count). The van der Waals surface area contributed by atoms with Crippen LogP contribution in [-0.2, 0) is 10.0 Å². The van der Waals surface area contributed by atoms with Crippen LogP contribution in [0.5, 0.6) is 0 Å². The van der Waals surface area contributed by atoms with E-state index in [-0.39, 0.29) is 10.9 Å². The highest BCUT2D eigenvalue weighted by molar-refractivity contribution is 7.89. The predicted molar refractivity (Wildman–Crippen MR) is 113 cm³/mol. The van der Waals surface area contributed by atoms with Crippen molar-refractivity contribution in [2.45, 2.75) is 17.9 Å². The van der Waals surface area contributed by atoms with Gasteiger partial charge in [-0.15, -0.1) is 15.3 Å². The highest BCUT2D eigenvalue weighted by Crippen LogP contribution is 2.23. The zero-order chi connectivity index (χ0) is 21.3. The van der Waals surface area contributed by atoms with Crippen molar-refractivity contribution in [2.75, 3.05) is 19.4 Å². The Morgan fingerprint density at radius 1 is 1.03 bits per heavy atom. The lowest BCUT2D eigenvalue weighted by atomic mass is 10.1. The van der Waals surface area contributed by atoms with Crippen LogP contribution in [0, 0.1) is 0 Å². The van der Waals surface area contributed by atoms with Gasteiger partial charge in [0.15, 0.2) is 11.5 Å². The molecule has 0 saturated carbocycles. The minimum atomic E-state index is -3.50. The zero-order valence-electron chi connectivity index (χ0n) is 16.8. The normalized spacial score (nSPS) is 12.9. The number of anilines is 1. The van der Waals surface area contributed by atoms with Crippen molar-refractivity contribution >= 4 is 21.5 Å². The van der Waals surface area contributed by atoms with Gasteiger partial charge in [0.2, 0.25) is 10.0 Å². The second kappa shape index (κ2) is 7.81. The number of hydrogen-bond donors (Lipinski definition) is 1. The molecule has 154 valence electrons. The first kappa shape index (κ1) is 19.9. The third kappa shape index (κ3) is 3.74. The molecule has 0 saturated heterocycles. The molecule has 0 bridgehead atoms. The molecule has 1 atom stereocenters. The minimum absolute atomic E-state index is 0.173. The van der Waals surface area contributed by atoms with Crippen LogP contribution in [-0.4, -0.2) is 51.6 Å². The third-order valence-electron chi connectivity index (χ3n) is 4.70. The smallest absolute Gasteiger partial charge is 0.242 e. The monoisotopic (exact) mass is 423 g/mol. The highest BCUT2D eigenvalue weighted by Gasteiger charge is 2.19. The van der Waals surface area contributed by atoms with Crippen LogP contribution < -0.4 is 5.32 Å². The lowest BCUT2D eigenvalue weighted by molar-refractivity contribution is 0.520. The first-order valence-electron chi connectivity index (χ1n) is 9.28. The Balaban J connectivity index is 1.63. The number of nitrogens with one attached hydrogen (secondary N) is 1. The van der Waals surface area contributed by atoms with Gasteiger partial charge in [0.1, 0.15) is 5.82 Å². The third-order valence-corrected chi connectivity index (χ3v) is 6.51. The van der Waals surface area contributed by atoms with E-state index in [1.54, 1.807) is 35.1 Å². The number of nitrogens with zero attached hydrogens (tertiary/aromatic N) is 6. The van der Waals surface area contributed by atoms with Crippen molar-refractivity contribution in [1.29, 1.82) is 0 Å². The Morgan fingerprint density at radius 2 is 1.80 bits per heavy atom. The largest absolute Gasteiger partial charge is 0.362 e. The van der Waals surface area contributed by atoms with Crippen LogP contribution in [0.1, 0.15) is 18.5 Å². The van der Waals surface area contributed by atoms with Gasteiger partial charge in [0, 0.05) is 32.1 Å². The Labute approximate surface area is 174 Å². The summed E-state index contributed by atoms with van der Waals surface area (Å²) >= 11 is 0. The van der Waals surface area contributed by atoms with Crippen LogP contribution in [0.2, 0.25) is 0 Å². The maximum Gasteiger partial charge on any atom is 0.242 e. The molecule has 3 heterocycles. The molecule has 0 radical (unpaired) electrons. The van der Waals surface area contributed by atoms with Gasteiger partial charge >= 0.3 is 0 Å². The Morgan fingerprint density at radius 3 is 2.53 bits per heavy atom. The van der Waals surface area contributed by atoms with Crippen LogP contribution in [0.15, 0.2) is 65.8 Å². The first-order valence-corrected chi connectivity index (χ1v) is 10.7. The van der Waals surface area contributed by atoms with Gasteiger partial charge in [0.05, 0.1) is 10.9 Å². The molecule has 30 heavy (non-hydrogen) atoms. The van der Waals surface area contributed by atoms with Crippen molar-refractivity contribution in [3.63, 3.8) is 0 Å². The molecule has 4 aromatic rings. The summed E-state index contributed by atoms with van der Waals surface area (Å²) < 4.78 is 27.7. The summed E-state index contributed by atoms with van der Waals surface area (Å²) in [6.45, 7) is 1.95. The first-order chi connectivity index (χ1) is 14.4. The number of sulfonamides is 1. The van der Waals surface area contributed by atoms with Gasteiger partial charge in [-0.1, -0.05) is 12.1 Å². The Kier molecular flexibility index (Phi) is 5.18. The molecule has 0 aliphatic rings. The van der Waals surface area contributed by atoms with Crippen molar-refractivity contribution < 1.29 is 8.42 Å². The van der Waals surface area contributed by atoms with E-state index in [4.69, 9.17) is 0 Å². The number of pyridine rings is 1. The molecule has 3 aromatic heterocycles. The zero-order valence-corrected chi connectivity index (χ0v) is 17.6. The Bertz CT molecular complexity index is 1290. The van der Waals surface area contributed by atoms with Crippen LogP contribution >= 0.6 is 0 Å². The summed E-state index contributed by atoms with van der Waals surface area (Å²) in [6.07, 6.45) is 3.38. The number of fused-ring (bicyclic) bond motifs is 1. The molecule has 9 nitrogen and oxygen atoms in total. The number of rotatable bonds is 6. The van der Waals surface area contributed by atoms with E-state index in [2.05, 4.69) is 25.6 Å². The molecule has 0 spiro atoms. The molecule has 10 heteroatoms. The van der Waals surface area contributed by atoms with Gasteiger partial charge in [-0.3, -0.25) is 4.98 Å². The Hall–Kier alpha value is -3.37. The second-order valence-corrected chi connectivity index (χ2v) is 9.13. The molecule has 1 unspecified atom stereocenters. The van der Waals surface area contributed by atoms with Gasteiger partial charge in [-0.05, 0) is 48.9 Å². The quantitative estimate of drug-likeness (QED) is 0.508. The summed E-state index contributed by atoms with van der Waals surface area (Å²) in [5, 5.41) is 16.3. The molecule has 1 N–H and O–H groups in total. The van der Waals surface area contributed by atoms with Crippen molar-refractivity contribution in [3.05, 3.63) is 66.5 Å². The van der Waals surface area contributed by atoms with E-state index < -0.39 is 10.0 Å². The topological polar surface area (TPSA) is 105 Å². The van der Waals surface area contributed by atoms with Crippen LogP contribution in [0.4, 0.5) is 5.82 Å². The standard InChI is InChI=1S/C20H21N7O2S/c1-14(16-5-4-6-17(13-16)30(28,29)26(2)3)22-18-7-8-19-23-24-20(27(19)25-18)15-9-11-21-12-10-15/h4-14H,1-3H3,(H,22,25). The van der Waals surface area contributed by atoms with Crippen LogP contribution in [0.25, 0.3) is 17.0 Å². The SMILES string of the molecule is CC(Nc1ccc2nnc(-c3ccncc3)n2n1)c1cccc(S(=O)(=O)N(C)C)c1. The lowest BCUT2D eigenvalue weighted by Crippen LogP contribution is -2.22. The number of benzene rings is 1. The maximum atomic E-state index is 12.4. The van der Waals surface area contributed by atoms with Gasteiger partial charge in [-0.2, -0.15) is 4.52 Å². The van der Waals surface area contributed by atoms with Gasteiger partial charge < -0.3 is 5.32 Å². The van der Waals surface area contributed by atoms with Gasteiger partial charge in [-0.25, -0.2) is 12.7 Å². The fourth-order valence-electron chi connectivity index (χ4n) is 3.01. The molecule has 1 aromatic carbocycles. The molecule has 0 aliphatic heterocycles. The summed E-state index contributed by atoms with van der Waals surface area (Å²) in [6, 6.07) is 14.0. The average molecular weight is 424 g/mol. The van der Waals surface area contributed by atoms with Crippen LogP contribution in [0.3, 0.4) is 0 Å². The minimum Gasteiger partial charge on any atom is -0.362 e. The second-order valence-electron chi connectivity index (χ2n) is 6.97. The average Bonchev–Trinajstić information content (AvgIpc) is 3.17. The maximum absolute atomic E-state index is 12.4. The van der Waals surface area contributed by atoms with Gasteiger partial charge in [0.25, 0.3) is 0 Å². The highest BCUT2D eigenvalue weighted by atomic mass is 32.2. The molecule has 0 aliphatic carbocycles. The van der Waals surface area contributed by atoms with E-state index in [9.17, 15) is 8.42 Å².